The standard InChI is InChI=1S/C13H24N2/c1-5-7-11(2)10-15-9-6-8-13(15)12(3)14-4/h6,8-9,11-12,14H,5,7,10H2,1-4H3. The molecule has 0 bridgehead atoms. The largest absolute Gasteiger partial charge is 0.350 e. The van der Waals surface area contributed by atoms with Gasteiger partial charge in [0.1, 0.15) is 0 Å². The molecule has 1 heterocycles. The van der Waals surface area contributed by atoms with Crippen LogP contribution < -0.4 is 5.32 Å². The average Bonchev–Trinajstić information content (AvgIpc) is 2.65. The van der Waals surface area contributed by atoms with Gasteiger partial charge in [0, 0.05) is 24.5 Å². The molecule has 2 unspecified atom stereocenters. The number of hydrogen-bond acceptors (Lipinski definition) is 1. The van der Waals surface area contributed by atoms with E-state index in [4.69, 9.17) is 0 Å². The Hall–Kier alpha value is -0.760. The first kappa shape index (κ1) is 12.3. The Balaban J connectivity index is 2.64. The molecule has 0 aliphatic rings. The molecule has 0 aliphatic heterocycles. The van der Waals surface area contributed by atoms with Gasteiger partial charge in [0.2, 0.25) is 0 Å². The van der Waals surface area contributed by atoms with Gasteiger partial charge in [0.15, 0.2) is 0 Å². The predicted octanol–water partition coefficient (Wildman–Crippen LogP) is 3.20. The molecule has 1 rings (SSSR count). The van der Waals surface area contributed by atoms with Crippen LogP contribution in [0, 0.1) is 5.92 Å². The quantitative estimate of drug-likeness (QED) is 0.759. The van der Waals surface area contributed by atoms with Crippen LogP contribution in [0.2, 0.25) is 0 Å². The van der Waals surface area contributed by atoms with Crippen molar-refractivity contribution in [2.24, 2.45) is 5.92 Å². The maximum absolute atomic E-state index is 3.29. The fourth-order valence-corrected chi connectivity index (χ4v) is 2.05. The van der Waals surface area contributed by atoms with Crippen molar-refractivity contribution >= 4 is 0 Å². The van der Waals surface area contributed by atoms with Crippen molar-refractivity contribution in [3.8, 4) is 0 Å². The minimum absolute atomic E-state index is 0.439. The summed E-state index contributed by atoms with van der Waals surface area (Å²) in [6, 6.07) is 4.79. The summed E-state index contributed by atoms with van der Waals surface area (Å²) in [7, 11) is 2.01. The molecular formula is C13H24N2. The summed E-state index contributed by atoms with van der Waals surface area (Å²) < 4.78 is 2.38. The highest BCUT2D eigenvalue weighted by molar-refractivity contribution is 5.11. The lowest BCUT2D eigenvalue weighted by molar-refractivity contribution is 0.428. The minimum Gasteiger partial charge on any atom is -0.350 e. The Bertz CT molecular complexity index is 278. The second-order valence-corrected chi connectivity index (χ2v) is 4.49. The third-order valence-corrected chi connectivity index (χ3v) is 3.03. The Morgan fingerprint density at radius 3 is 2.73 bits per heavy atom. The minimum atomic E-state index is 0.439. The molecule has 0 aliphatic carbocycles. The fourth-order valence-electron chi connectivity index (χ4n) is 2.05. The Labute approximate surface area is 93.7 Å². The molecule has 0 radical (unpaired) electrons. The number of aromatic nitrogens is 1. The lowest BCUT2D eigenvalue weighted by Gasteiger charge is -2.18. The van der Waals surface area contributed by atoms with Gasteiger partial charge in [-0.25, -0.2) is 0 Å². The molecule has 1 N–H and O–H groups in total. The van der Waals surface area contributed by atoms with Crippen LogP contribution in [0.3, 0.4) is 0 Å². The van der Waals surface area contributed by atoms with Gasteiger partial charge in [-0.1, -0.05) is 20.3 Å². The van der Waals surface area contributed by atoms with Gasteiger partial charge in [-0.15, -0.1) is 0 Å². The number of nitrogens with one attached hydrogen (secondary N) is 1. The molecule has 1 aromatic heterocycles. The molecule has 0 spiro atoms. The molecule has 2 atom stereocenters. The first-order chi connectivity index (χ1) is 7.19. The van der Waals surface area contributed by atoms with Crippen LogP contribution in [0.1, 0.15) is 45.3 Å². The summed E-state index contributed by atoms with van der Waals surface area (Å²) in [4.78, 5) is 0. The smallest absolute Gasteiger partial charge is 0.0443 e. The second-order valence-electron chi connectivity index (χ2n) is 4.49. The zero-order valence-corrected chi connectivity index (χ0v) is 10.5. The summed E-state index contributed by atoms with van der Waals surface area (Å²) in [6.45, 7) is 7.93. The molecule has 86 valence electrons. The van der Waals surface area contributed by atoms with E-state index in [0.29, 0.717) is 6.04 Å². The maximum Gasteiger partial charge on any atom is 0.0443 e. The number of hydrogen-bond donors (Lipinski definition) is 1. The van der Waals surface area contributed by atoms with Gasteiger partial charge in [0.05, 0.1) is 0 Å². The van der Waals surface area contributed by atoms with Crippen LogP contribution in [0.15, 0.2) is 18.3 Å². The van der Waals surface area contributed by atoms with Gasteiger partial charge in [-0.2, -0.15) is 0 Å². The predicted molar refractivity (Wildman–Crippen MR) is 66.0 cm³/mol. The lowest BCUT2D eigenvalue weighted by Crippen LogP contribution is -2.18. The third-order valence-electron chi connectivity index (χ3n) is 3.03. The van der Waals surface area contributed by atoms with E-state index in [9.17, 15) is 0 Å². The highest BCUT2D eigenvalue weighted by Crippen LogP contribution is 2.16. The van der Waals surface area contributed by atoms with Crippen molar-refractivity contribution in [1.29, 1.82) is 0 Å². The summed E-state index contributed by atoms with van der Waals surface area (Å²) in [5, 5.41) is 3.29. The molecule has 0 aromatic carbocycles. The first-order valence-corrected chi connectivity index (χ1v) is 6.01. The molecule has 1 aromatic rings. The van der Waals surface area contributed by atoms with E-state index in [-0.39, 0.29) is 0 Å². The van der Waals surface area contributed by atoms with E-state index in [1.807, 2.05) is 7.05 Å². The van der Waals surface area contributed by atoms with Crippen LogP contribution in [0.4, 0.5) is 0 Å². The SMILES string of the molecule is CCCC(C)Cn1cccc1C(C)NC. The van der Waals surface area contributed by atoms with Crippen molar-refractivity contribution in [3.63, 3.8) is 0 Å². The lowest BCUT2D eigenvalue weighted by atomic mass is 10.1. The van der Waals surface area contributed by atoms with Gasteiger partial charge < -0.3 is 9.88 Å². The zero-order valence-electron chi connectivity index (χ0n) is 10.5. The summed E-state index contributed by atoms with van der Waals surface area (Å²) in [5.41, 5.74) is 1.39. The normalized spacial score (nSPS) is 15.2. The molecule has 0 saturated carbocycles. The highest BCUT2D eigenvalue weighted by Gasteiger charge is 2.09. The molecule has 0 saturated heterocycles. The summed E-state index contributed by atoms with van der Waals surface area (Å²) in [6.07, 6.45) is 4.78. The third kappa shape index (κ3) is 3.38. The molecule has 2 nitrogen and oxygen atoms in total. The molecular weight excluding hydrogens is 184 g/mol. The number of rotatable bonds is 6. The van der Waals surface area contributed by atoms with Crippen LogP contribution >= 0.6 is 0 Å². The van der Waals surface area contributed by atoms with Crippen molar-refractivity contribution < 1.29 is 0 Å². The van der Waals surface area contributed by atoms with Crippen LogP contribution in [0.25, 0.3) is 0 Å². The van der Waals surface area contributed by atoms with Crippen molar-refractivity contribution in [1.82, 2.24) is 9.88 Å². The first-order valence-electron chi connectivity index (χ1n) is 6.01. The Morgan fingerprint density at radius 2 is 2.13 bits per heavy atom. The molecule has 2 heteroatoms. The van der Waals surface area contributed by atoms with E-state index in [2.05, 4.69) is 49.0 Å². The number of nitrogens with zero attached hydrogens (tertiary/aromatic N) is 1. The maximum atomic E-state index is 3.29. The zero-order chi connectivity index (χ0) is 11.3. The highest BCUT2D eigenvalue weighted by atomic mass is 15.0. The topological polar surface area (TPSA) is 17.0 Å². The average molecular weight is 208 g/mol. The van der Waals surface area contributed by atoms with E-state index in [0.717, 1.165) is 12.5 Å². The van der Waals surface area contributed by atoms with Crippen molar-refractivity contribution in [3.05, 3.63) is 24.0 Å². The summed E-state index contributed by atoms with van der Waals surface area (Å²) >= 11 is 0. The van der Waals surface area contributed by atoms with E-state index in [1.165, 1.54) is 18.5 Å². The van der Waals surface area contributed by atoms with Gasteiger partial charge >= 0.3 is 0 Å². The van der Waals surface area contributed by atoms with Crippen molar-refractivity contribution in [2.75, 3.05) is 7.05 Å². The van der Waals surface area contributed by atoms with Gasteiger partial charge in [-0.3, -0.25) is 0 Å². The molecule has 15 heavy (non-hydrogen) atoms. The Kier molecular flexibility index (Phi) is 4.89. The van der Waals surface area contributed by atoms with Crippen LogP contribution in [-0.4, -0.2) is 11.6 Å². The fraction of sp³-hybridized carbons (Fsp3) is 0.692. The molecule has 0 amide bonds. The van der Waals surface area contributed by atoms with Crippen LogP contribution in [-0.2, 0) is 6.54 Å². The van der Waals surface area contributed by atoms with Gasteiger partial charge in [-0.05, 0) is 38.4 Å². The monoisotopic (exact) mass is 208 g/mol. The van der Waals surface area contributed by atoms with Gasteiger partial charge in [0.25, 0.3) is 0 Å². The van der Waals surface area contributed by atoms with Crippen LogP contribution in [0.5, 0.6) is 0 Å². The van der Waals surface area contributed by atoms with E-state index >= 15 is 0 Å². The van der Waals surface area contributed by atoms with Crippen molar-refractivity contribution in [2.45, 2.75) is 46.2 Å². The summed E-state index contributed by atoms with van der Waals surface area (Å²) in [5.74, 6) is 0.769. The van der Waals surface area contributed by atoms with E-state index < -0.39 is 0 Å². The van der Waals surface area contributed by atoms with E-state index in [1.54, 1.807) is 0 Å². The second kappa shape index (κ2) is 5.96. The Morgan fingerprint density at radius 1 is 1.40 bits per heavy atom. The molecule has 0 fully saturated rings.